The van der Waals surface area contributed by atoms with Gasteiger partial charge in [-0.2, -0.15) is 0 Å². The Kier molecular flexibility index (Phi) is 7.45. The van der Waals surface area contributed by atoms with Crippen molar-refractivity contribution in [2.45, 2.75) is 33.1 Å². The summed E-state index contributed by atoms with van der Waals surface area (Å²) in [5, 5.41) is 9.88. The molecule has 120 valence electrons. The number of aromatic nitrogens is 1. The minimum Gasteiger partial charge on any atom is -0.395 e. The van der Waals surface area contributed by atoms with E-state index in [1.807, 2.05) is 11.9 Å². The molecule has 7 heteroatoms. The van der Waals surface area contributed by atoms with Crippen LogP contribution in [0.3, 0.4) is 0 Å². The monoisotopic (exact) mass is 314 g/mol. The third-order valence-corrected chi connectivity index (χ3v) is 4.33. The van der Waals surface area contributed by atoms with Crippen LogP contribution in [0, 0.1) is 0 Å². The number of nitrogens with zero attached hydrogens (tertiary/aromatic N) is 3. The fraction of sp³-hybridized carbons (Fsp3) is 0.714. The van der Waals surface area contributed by atoms with Crippen LogP contribution in [-0.2, 0) is 0 Å². The SMILES string of the molecule is CCCCN(CCO)C(=O)c1sc(N(C)CCC)nc1N. The Hall–Kier alpha value is -1.34. The molecule has 6 nitrogen and oxygen atoms in total. The first kappa shape index (κ1) is 17.7. The van der Waals surface area contributed by atoms with Crippen molar-refractivity contribution >= 4 is 28.2 Å². The molecule has 0 saturated heterocycles. The zero-order valence-corrected chi connectivity index (χ0v) is 13.9. The topological polar surface area (TPSA) is 82.7 Å². The highest BCUT2D eigenvalue weighted by molar-refractivity contribution is 7.18. The van der Waals surface area contributed by atoms with Gasteiger partial charge in [0.2, 0.25) is 0 Å². The normalized spacial score (nSPS) is 10.7. The molecule has 1 rings (SSSR count). The first-order valence-corrected chi connectivity index (χ1v) is 8.24. The van der Waals surface area contributed by atoms with E-state index in [0.717, 1.165) is 30.9 Å². The molecule has 1 amide bonds. The van der Waals surface area contributed by atoms with E-state index >= 15 is 0 Å². The summed E-state index contributed by atoms with van der Waals surface area (Å²) in [6, 6.07) is 0. The molecular weight excluding hydrogens is 288 g/mol. The van der Waals surface area contributed by atoms with E-state index in [1.54, 1.807) is 4.90 Å². The first-order valence-electron chi connectivity index (χ1n) is 7.42. The lowest BCUT2D eigenvalue weighted by Gasteiger charge is -2.20. The fourth-order valence-electron chi connectivity index (χ4n) is 2.00. The minimum absolute atomic E-state index is 0.0449. The van der Waals surface area contributed by atoms with Gasteiger partial charge in [-0.3, -0.25) is 4.79 Å². The molecule has 0 aliphatic heterocycles. The van der Waals surface area contributed by atoms with E-state index in [1.165, 1.54) is 11.3 Å². The number of hydrogen-bond donors (Lipinski definition) is 2. The molecule has 0 bridgehead atoms. The van der Waals surface area contributed by atoms with Crippen molar-refractivity contribution in [1.82, 2.24) is 9.88 Å². The van der Waals surface area contributed by atoms with Crippen molar-refractivity contribution in [3.8, 4) is 0 Å². The van der Waals surface area contributed by atoms with Crippen molar-refractivity contribution < 1.29 is 9.90 Å². The summed E-state index contributed by atoms with van der Waals surface area (Å²) in [6.07, 6.45) is 2.91. The number of anilines is 2. The molecule has 0 spiro atoms. The van der Waals surface area contributed by atoms with Crippen LogP contribution in [0.2, 0.25) is 0 Å². The van der Waals surface area contributed by atoms with E-state index in [4.69, 9.17) is 10.8 Å². The van der Waals surface area contributed by atoms with Crippen LogP contribution < -0.4 is 10.6 Å². The maximum absolute atomic E-state index is 12.5. The first-order chi connectivity index (χ1) is 10.0. The summed E-state index contributed by atoms with van der Waals surface area (Å²) in [5.74, 6) is 0.144. The largest absolute Gasteiger partial charge is 0.395 e. The maximum atomic E-state index is 12.5. The summed E-state index contributed by atoms with van der Waals surface area (Å²) < 4.78 is 0. The highest BCUT2D eigenvalue weighted by Crippen LogP contribution is 2.28. The number of thiazole rings is 1. The van der Waals surface area contributed by atoms with Crippen molar-refractivity contribution in [2.24, 2.45) is 0 Å². The van der Waals surface area contributed by atoms with Gasteiger partial charge in [0.05, 0.1) is 6.61 Å². The molecule has 0 unspecified atom stereocenters. The molecule has 1 aromatic heterocycles. The lowest BCUT2D eigenvalue weighted by molar-refractivity contribution is 0.0725. The molecule has 0 aliphatic rings. The quantitative estimate of drug-likeness (QED) is 0.726. The zero-order valence-electron chi connectivity index (χ0n) is 13.1. The Balaban J connectivity index is 2.88. The predicted octanol–water partition coefficient (Wildman–Crippen LogP) is 1.81. The van der Waals surface area contributed by atoms with Gasteiger partial charge in [0.25, 0.3) is 5.91 Å². The highest BCUT2D eigenvalue weighted by atomic mass is 32.1. The third-order valence-electron chi connectivity index (χ3n) is 3.16. The number of nitrogen functional groups attached to an aromatic ring is 1. The molecule has 0 atom stereocenters. The average Bonchev–Trinajstić information content (AvgIpc) is 2.85. The zero-order chi connectivity index (χ0) is 15.8. The molecule has 21 heavy (non-hydrogen) atoms. The van der Waals surface area contributed by atoms with Crippen LogP contribution >= 0.6 is 11.3 Å². The number of carbonyl (C=O) groups is 1. The number of nitrogens with two attached hydrogens (primary N) is 1. The van der Waals surface area contributed by atoms with Crippen molar-refractivity contribution in [2.75, 3.05) is 43.9 Å². The Labute approximate surface area is 130 Å². The van der Waals surface area contributed by atoms with E-state index < -0.39 is 0 Å². The van der Waals surface area contributed by atoms with Gasteiger partial charge in [0.1, 0.15) is 10.7 Å². The number of amides is 1. The average molecular weight is 314 g/mol. The van der Waals surface area contributed by atoms with Gasteiger partial charge >= 0.3 is 0 Å². The van der Waals surface area contributed by atoms with Gasteiger partial charge in [-0.1, -0.05) is 31.6 Å². The maximum Gasteiger partial charge on any atom is 0.267 e. The van der Waals surface area contributed by atoms with Gasteiger partial charge in [-0.25, -0.2) is 4.98 Å². The second-order valence-corrected chi connectivity index (χ2v) is 5.98. The fourth-order valence-corrected chi connectivity index (χ4v) is 2.94. The molecule has 1 aromatic rings. The number of aliphatic hydroxyl groups excluding tert-OH is 1. The summed E-state index contributed by atoms with van der Waals surface area (Å²) in [5.41, 5.74) is 5.90. The van der Waals surface area contributed by atoms with Crippen LogP contribution in [0.25, 0.3) is 0 Å². The van der Waals surface area contributed by atoms with E-state index in [9.17, 15) is 4.79 Å². The van der Waals surface area contributed by atoms with Crippen molar-refractivity contribution in [3.63, 3.8) is 0 Å². The third kappa shape index (κ3) is 4.86. The molecule has 1 heterocycles. The molecule has 0 saturated carbocycles. The van der Waals surface area contributed by atoms with Gasteiger partial charge < -0.3 is 20.6 Å². The number of hydrogen-bond acceptors (Lipinski definition) is 6. The van der Waals surface area contributed by atoms with Crippen LogP contribution in [0.15, 0.2) is 0 Å². The number of aliphatic hydroxyl groups is 1. The Bertz CT molecular complexity index is 450. The Morgan fingerprint density at radius 2 is 2.00 bits per heavy atom. The summed E-state index contributed by atoms with van der Waals surface area (Å²) in [4.78, 5) is 20.9. The second kappa shape index (κ2) is 8.84. The number of carbonyl (C=O) groups excluding carboxylic acids is 1. The molecule has 3 N–H and O–H groups in total. The molecular formula is C14H26N4O2S. The number of unbranched alkanes of at least 4 members (excludes halogenated alkanes) is 1. The summed E-state index contributed by atoms with van der Waals surface area (Å²) >= 11 is 1.32. The van der Waals surface area contributed by atoms with Crippen LogP contribution in [-0.4, -0.2) is 54.2 Å². The van der Waals surface area contributed by atoms with Gasteiger partial charge in [-0.05, 0) is 12.8 Å². The predicted molar refractivity (Wildman–Crippen MR) is 88.0 cm³/mol. The van der Waals surface area contributed by atoms with E-state index in [-0.39, 0.29) is 18.3 Å². The van der Waals surface area contributed by atoms with Crippen molar-refractivity contribution in [1.29, 1.82) is 0 Å². The van der Waals surface area contributed by atoms with Gasteiger partial charge in [0, 0.05) is 26.7 Å². The van der Waals surface area contributed by atoms with E-state index in [2.05, 4.69) is 18.8 Å². The highest BCUT2D eigenvalue weighted by Gasteiger charge is 2.22. The standard InChI is InChI=1S/C14H26N4O2S/c1-4-6-8-18(9-10-19)13(20)11-12(15)16-14(21-11)17(3)7-5-2/h19H,4-10,15H2,1-3H3. The lowest BCUT2D eigenvalue weighted by atomic mass is 10.3. The van der Waals surface area contributed by atoms with E-state index in [0.29, 0.717) is 18.0 Å². The van der Waals surface area contributed by atoms with Crippen LogP contribution in [0.4, 0.5) is 10.9 Å². The molecule has 0 fully saturated rings. The van der Waals surface area contributed by atoms with Crippen LogP contribution in [0.5, 0.6) is 0 Å². The van der Waals surface area contributed by atoms with Crippen LogP contribution in [0.1, 0.15) is 42.8 Å². The molecule has 0 aromatic carbocycles. The lowest BCUT2D eigenvalue weighted by Crippen LogP contribution is -2.34. The molecule has 0 aliphatic carbocycles. The summed E-state index contributed by atoms with van der Waals surface area (Å²) in [7, 11) is 1.94. The second-order valence-electron chi connectivity index (χ2n) is 5.00. The number of rotatable bonds is 9. The minimum atomic E-state index is -0.136. The summed E-state index contributed by atoms with van der Waals surface area (Å²) in [6.45, 7) is 5.95. The van der Waals surface area contributed by atoms with Gasteiger partial charge in [0.15, 0.2) is 5.13 Å². The van der Waals surface area contributed by atoms with Crippen molar-refractivity contribution in [3.05, 3.63) is 4.88 Å². The molecule has 0 radical (unpaired) electrons. The smallest absolute Gasteiger partial charge is 0.267 e. The van der Waals surface area contributed by atoms with Gasteiger partial charge in [-0.15, -0.1) is 0 Å². The Morgan fingerprint density at radius 1 is 1.29 bits per heavy atom. The Morgan fingerprint density at radius 3 is 2.57 bits per heavy atom.